The minimum atomic E-state index is -2.90. The van der Waals surface area contributed by atoms with Crippen LogP contribution in [0.25, 0.3) is 11.1 Å². The zero-order valence-corrected chi connectivity index (χ0v) is 18.7. The van der Waals surface area contributed by atoms with Crippen LogP contribution in [-0.2, 0) is 4.74 Å². The lowest BCUT2D eigenvalue weighted by atomic mass is 10.1. The Morgan fingerprint density at radius 3 is 2.59 bits per heavy atom. The number of alkyl halides is 2. The van der Waals surface area contributed by atoms with Gasteiger partial charge in [-0.15, -0.1) is 0 Å². The van der Waals surface area contributed by atoms with Crippen molar-refractivity contribution in [1.29, 1.82) is 0 Å². The summed E-state index contributed by atoms with van der Waals surface area (Å²) in [5, 5.41) is 6.92. The van der Waals surface area contributed by atoms with Gasteiger partial charge in [-0.25, -0.2) is 32.9 Å². The SMILES string of the molecule is CC(C)(C)OC(=O)N1CC(n2cc(-c3cnc(Nc4cc(N)nc(C(F)F)n4)cc3F)cn2)C1. The normalized spacial score (nSPS) is 14.3. The third-order valence-electron chi connectivity index (χ3n) is 4.87. The number of hydrogen-bond donors (Lipinski definition) is 2. The highest BCUT2D eigenvalue weighted by Gasteiger charge is 2.35. The highest BCUT2D eigenvalue weighted by Crippen LogP contribution is 2.28. The number of rotatable bonds is 5. The third-order valence-corrected chi connectivity index (χ3v) is 4.87. The molecule has 0 aromatic carbocycles. The molecule has 1 aliphatic heterocycles. The summed E-state index contributed by atoms with van der Waals surface area (Å²) in [7, 11) is 0. The molecule has 3 N–H and O–H groups in total. The third kappa shape index (κ3) is 5.18. The number of nitrogens with one attached hydrogen (secondary N) is 1. The fraction of sp³-hybridized carbons (Fsp3) is 0.381. The van der Waals surface area contributed by atoms with Crippen molar-refractivity contribution in [2.75, 3.05) is 24.1 Å². The van der Waals surface area contributed by atoms with E-state index in [0.717, 1.165) is 6.07 Å². The van der Waals surface area contributed by atoms with Gasteiger partial charge in [0.05, 0.1) is 12.2 Å². The van der Waals surface area contributed by atoms with E-state index in [1.54, 1.807) is 36.5 Å². The van der Waals surface area contributed by atoms with Crippen molar-refractivity contribution >= 4 is 23.5 Å². The maximum Gasteiger partial charge on any atom is 0.410 e. The van der Waals surface area contributed by atoms with Gasteiger partial charge < -0.3 is 20.7 Å². The summed E-state index contributed by atoms with van der Waals surface area (Å²) in [6.45, 7) is 6.27. The van der Waals surface area contributed by atoms with E-state index >= 15 is 0 Å². The van der Waals surface area contributed by atoms with E-state index < -0.39 is 23.7 Å². The molecule has 1 aliphatic rings. The van der Waals surface area contributed by atoms with Gasteiger partial charge in [0.25, 0.3) is 6.43 Å². The van der Waals surface area contributed by atoms with Crippen LogP contribution in [0, 0.1) is 5.82 Å². The molecule has 34 heavy (non-hydrogen) atoms. The Labute approximate surface area is 193 Å². The number of ether oxygens (including phenoxy) is 1. The summed E-state index contributed by atoms with van der Waals surface area (Å²) in [4.78, 5) is 24.9. The molecule has 1 fully saturated rings. The molecule has 1 saturated heterocycles. The number of pyridine rings is 1. The lowest BCUT2D eigenvalue weighted by Gasteiger charge is -2.39. The highest BCUT2D eigenvalue weighted by molar-refractivity contribution is 5.69. The Kier molecular flexibility index (Phi) is 6.02. The van der Waals surface area contributed by atoms with Gasteiger partial charge in [-0.3, -0.25) is 4.68 Å². The minimum Gasteiger partial charge on any atom is -0.444 e. The Morgan fingerprint density at radius 1 is 1.21 bits per heavy atom. The zero-order chi connectivity index (χ0) is 24.6. The number of nitrogens with two attached hydrogens (primary N) is 1. The van der Waals surface area contributed by atoms with Gasteiger partial charge in [0.15, 0.2) is 5.82 Å². The summed E-state index contributed by atoms with van der Waals surface area (Å²) in [5.74, 6) is -1.47. The van der Waals surface area contributed by atoms with Crippen molar-refractivity contribution in [3.63, 3.8) is 0 Å². The van der Waals surface area contributed by atoms with Crippen LogP contribution in [0.3, 0.4) is 0 Å². The van der Waals surface area contributed by atoms with E-state index in [0.29, 0.717) is 18.7 Å². The number of nitrogen functional groups attached to an aromatic ring is 1. The minimum absolute atomic E-state index is 0.0326. The van der Waals surface area contributed by atoms with E-state index in [2.05, 4.69) is 25.4 Å². The number of anilines is 3. The molecule has 13 heteroatoms. The Morgan fingerprint density at radius 2 is 1.94 bits per heavy atom. The van der Waals surface area contributed by atoms with Gasteiger partial charge >= 0.3 is 6.09 Å². The summed E-state index contributed by atoms with van der Waals surface area (Å²) < 4.78 is 47.5. The van der Waals surface area contributed by atoms with Gasteiger partial charge in [-0.1, -0.05) is 0 Å². The van der Waals surface area contributed by atoms with E-state index in [9.17, 15) is 18.0 Å². The second-order valence-electron chi connectivity index (χ2n) is 8.76. The van der Waals surface area contributed by atoms with E-state index in [-0.39, 0.29) is 35.2 Å². The van der Waals surface area contributed by atoms with E-state index in [4.69, 9.17) is 10.5 Å². The standard InChI is InChI=1S/C21H23F3N8O2/c1-21(2,3)34-20(33)31-9-12(10-31)32-8-11(6-27-32)13-7-26-16(4-14(13)22)29-17-5-15(25)28-19(30-17)18(23)24/h4-8,12,18H,9-10H2,1-3H3,(H3,25,26,28,29,30). The average molecular weight is 476 g/mol. The molecular weight excluding hydrogens is 453 g/mol. The Bertz CT molecular complexity index is 1200. The molecule has 4 rings (SSSR count). The molecule has 4 heterocycles. The average Bonchev–Trinajstić information content (AvgIpc) is 3.14. The maximum absolute atomic E-state index is 14.8. The number of amides is 1. The molecule has 3 aromatic rings. The van der Waals surface area contributed by atoms with Gasteiger partial charge in [0.1, 0.15) is 28.9 Å². The van der Waals surface area contributed by atoms with Crippen molar-refractivity contribution in [1.82, 2.24) is 29.6 Å². The second kappa shape index (κ2) is 8.80. The summed E-state index contributed by atoms with van der Waals surface area (Å²) in [6, 6.07) is 2.30. The lowest BCUT2D eigenvalue weighted by molar-refractivity contribution is -0.000385. The molecule has 0 radical (unpaired) electrons. The van der Waals surface area contributed by atoms with Crippen LogP contribution in [0.4, 0.5) is 35.4 Å². The van der Waals surface area contributed by atoms with Gasteiger partial charge in [-0.2, -0.15) is 5.10 Å². The Balaban J connectivity index is 1.42. The van der Waals surface area contributed by atoms with Gasteiger partial charge in [0, 0.05) is 48.7 Å². The Hall–Kier alpha value is -3.90. The second-order valence-corrected chi connectivity index (χ2v) is 8.76. The summed E-state index contributed by atoms with van der Waals surface area (Å²) in [6.07, 6.45) is 1.18. The number of halogens is 3. The van der Waals surface area contributed by atoms with Crippen LogP contribution in [-0.4, -0.2) is 54.4 Å². The van der Waals surface area contributed by atoms with Crippen molar-refractivity contribution in [3.8, 4) is 11.1 Å². The largest absolute Gasteiger partial charge is 0.444 e. The summed E-state index contributed by atoms with van der Waals surface area (Å²) >= 11 is 0. The molecular formula is C21H23F3N8O2. The van der Waals surface area contributed by atoms with Crippen LogP contribution in [0.15, 0.2) is 30.7 Å². The number of nitrogens with zero attached hydrogens (tertiary/aromatic N) is 6. The fourth-order valence-electron chi connectivity index (χ4n) is 3.26. The quantitative estimate of drug-likeness (QED) is 0.568. The van der Waals surface area contributed by atoms with E-state index in [1.165, 1.54) is 18.5 Å². The first kappa shape index (κ1) is 23.3. The van der Waals surface area contributed by atoms with Crippen LogP contribution in [0.5, 0.6) is 0 Å². The molecule has 0 saturated carbocycles. The fourth-order valence-corrected chi connectivity index (χ4v) is 3.26. The zero-order valence-electron chi connectivity index (χ0n) is 18.7. The van der Waals surface area contributed by atoms with Crippen LogP contribution in [0.2, 0.25) is 0 Å². The van der Waals surface area contributed by atoms with Crippen molar-refractivity contribution < 1.29 is 22.7 Å². The summed E-state index contributed by atoms with van der Waals surface area (Å²) in [5.41, 5.74) is 5.65. The molecule has 3 aromatic heterocycles. The number of carbonyl (C=O) groups excluding carboxylic acids is 1. The molecule has 0 unspecified atom stereocenters. The monoisotopic (exact) mass is 476 g/mol. The van der Waals surface area contributed by atoms with Crippen molar-refractivity contribution in [3.05, 3.63) is 42.4 Å². The predicted molar refractivity (Wildman–Crippen MR) is 117 cm³/mol. The van der Waals surface area contributed by atoms with E-state index in [1.807, 2.05) is 0 Å². The topological polar surface area (TPSA) is 124 Å². The first-order valence-electron chi connectivity index (χ1n) is 10.4. The molecule has 0 aliphatic carbocycles. The number of likely N-dealkylation sites (tertiary alicyclic amines) is 1. The maximum atomic E-state index is 14.8. The van der Waals surface area contributed by atoms with Crippen LogP contribution < -0.4 is 11.1 Å². The van der Waals surface area contributed by atoms with Crippen molar-refractivity contribution in [2.45, 2.75) is 38.8 Å². The smallest absolute Gasteiger partial charge is 0.410 e. The van der Waals surface area contributed by atoms with Gasteiger partial charge in [-0.05, 0) is 20.8 Å². The van der Waals surface area contributed by atoms with Crippen LogP contribution >= 0.6 is 0 Å². The molecule has 0 spiro atoms. The molecule has 0 atom stereocenters. The first-order chi connectivity index (χ1) is 16.0. The molecule has 10 nitrogen and oxygen atoms in total. The lowest BCUT2D eigenvalue weighted by Crippen LogP contribution is -2.52. The highest BCUT2D eigenvalue weighted by atomic mass is 19.3. The predicted octanol–water partition coefficient (Wildman–Crippen LogP) is 3.93. The van der Waals surface area contributed by atoms with Crippen molar-refractivity contribution in [2.24, 2.45) is 0 Å². The molecule has 0 bridgehead atoms. The number of aromatic nitrogens is 5. The first-order valence-corrected chi connectivity index (χ1v) is 10.4. The molecule has 180 valence electrons. The van der Waals surface area contributed by atoms with Gasteiger partial charge in [0.2, 0.25) is 0 Å². The number of hydrogen-bond acceptors (Lipinski definition) is 8. The molecule has 1 amide bonds. The number of carbonyl (C=O) groups is 1. The van der Waals surface area contributed by atoms with Crippen LogP contribution in [0.1, 0.15) is 39.1 Å².